The maximum absolute atomic E-state index is 13.0. The van der Waals surface area contributed by atoms with Crippen LogP contribution in [0.15, 0.2) is 46.6 Å². The van der Waals surface area contributed by atoms with Crippen molar-refractivity contribution in [3.05, 3.63) is 68.4 Å². The molecule has 4 aromatic rings. The van der Waals surface area contributed by atoms with Crippen molar-refractivity contribution >= 4 is 22.2 Å². The maximum atomic E-state index is 13.0. The second-order valence-corrected chi connectivity index (χ2v) is 9.54. The lowest BCUT2D eigenvalue weighted by atomic mass is 10.00. The first kappa shape index (κ1) is 24.1. The second kappa shape index (κ2) is 10.9. The zero-order valence-electron chi connectivity index (χ0n) is 19.9. The number of hydrogen-bond acceptors (Lipinski definition) is 8. The summed E-state index contributed by atoms with van der Waals surface area (Å²) in [6.45, 7) is 6.49. The molecule has 0 fully saturated rings. The minimum Gasteiger partial charge on any atom is -0.497 e. The van der Waals surface area contributed by atoms with Crippen molar-refractivity contribution in [1.29, 1.82) is 0 Å². The molecule has 180 valence electrons. The van der Waals surface area contributed by atoms with Gasteiger partial charge in [0.15, 0.2) is 5.82 Å². The van der Waals surface area contributed by atoms with Gasteiger partial charge < -0.3 is 14.5 Å². The highest BCUT2D eigenvalue weighted by molar-refractivity contribution is 7.09. The predicted octanol–water partition coefficient (Wildman–Crippen LogP) is 3.63. The van der Waals surface area contributed by atoms with E-state index in [9.17, 15) is 4.79 Å². The van der Waals surface area contributed by atoms with Crippen LogP contribution in [0.5, 0.6) is 5.75 Å². The molecular weight excluding hydrogens is 452 g/mol. The van der Waals surface area contributed by atoms with Gasteiger partial charge in [-0.25, -0.2) is 4.68 Å². The van der Waals surface area contributed by atoms with Gasteiger partial charge in [-0.2, -0.15) is 0 Å². The molecule has 1 N–H and O–H groups in total. The number of fused-ring (bicyclic) bond motifs is 1. The highest BCUT2D eigenvalue weighted by Crippen LogP contribution is 2.31. The molecule has 3 aromatic heterocycles. The first-order valence-electron chi connectivity index (χ1n) is 11.2. The molecule has 0 aliphatic heterocycles. The molecule has 0 unspecified atom stereocenters. The van der Waals surface area contributed by atoms with E-state index in [0.29, 0.717) is 31.8 Å². The lowest BCUT2D eigenvalue weighted by Gasteiger charge is -2.33. The second-order valence-electron chi connectivity index (χ2n) is 8.50. The Balaban J connectivity index is 1.74. The van der Waals surface area contributed by atoms with Crippen molar-refractivity contribution in [2.24, 2.45) is 5.92 Å². The van der Waals surface area contributed by atoms with Crippen LogP contribution in [-0.2, 0) is 24.4 Å². The largest absolute Gasteiger partial charge is 0.497 e. The molecule has 0 aliphatic carbocycles. The molecule has 34 heavy (non-hydrogen) atoms. The van der Waals surface area contributed by atoms with Crippen LogP contribution in [0.3, 0.4) is 0 Å². The summed E-state index contributed by atoms with van der Waals surface area (Å²) in [5.74, 6) is 1.72. The quantitative estimate of drug-likeness (QED) is 0.349. The van der Waals surface area contributed by atoms with Crippen LogP contribution < -0.4 is 10.3 Å². The number of ether oxygens (including phenoxy) is 2. The first-order chi connectivity index (χ1) is 16.5. The van der Waals surface area contributed by atoms with E-state index in [1.54, 1.807) is 30.2 Å². The lowest BCUT2D eigenvalue weighted by molar-refractivity contribution is 0.122. The third-order valence-corrected chi connectivity index (χ3v) is 6.66. The molecule has 0 spiro atoms. The molecule has 0 saturated heterocycles. The topological polar surface area (TPSA) is 98.2 Å². The first-order valence-corrected chi connectivity index (χ1v) is 12.1. The van der Waals surface area contributed by atoms with Crippen LogP contribution in [0, 0.1) is 5.92 Å². The number of benzene rings is 1. The summed E-state index contributed by atoms with van der Waals surface area (Å²) in [6.07, 6.45) is 0. The number of rotatable bonds is 11. The molecule has 0 aliphatic rings. The summed E-state index contributed by atoms with van der Waals surface area (Å²) in [6, 6.07) is 11.6. The molecule has 1 aromatic carbocycles. The van der Waals surface area contributed by atoms with Gasteiger partial charge in [0.1, 0.15) is 5.75 Å². The van der Waals surface area contributed by atoms with Crippen LogP contribution >= 0.6 is 11.3 Å². The number of methoxy groups -OCH3 is 2. The Morgan fingerprint density at radius 3 is 2.74 bits per heavy atom. The Labute approximate surface area is 202 Å². The summed E-state index contributed by atoms with van der Waals surface area (Å²) in [5.41, 5.74) is 1.36. The van der Waals surface area contributed by atoms with Gasteiger partial charge in [0.25, 0.3) is 5.56 Å². The number of nitrogens with zero attached hydrogens (tertiary/aromatic N) is 5. The average Bonchev–Trinajstić information content (AvgIpc) is 3.50. The summed E-state index contributed by atoms with van der Waals surface area (Å²) < 4.78 is 12.4. The van der Waals surface area contributed by atoms with Gasteiger partial charge >= 0.3 is 0 Å². The smallest absolute Gasteiger partial charge is 0.252 e. The summed E-state index contributed by atoms with van der Waals surface area (Å²) >= 11 is 1.70. The Morgan fingerprint density at radius 2 is 2.03 bits per heavy atom. The number of hydrogen-bond donors (Lipinski definition) is 1. The fraction of sp³-hybridized carbons (Fsp3) is 0.417. The van der Waals surface area contributed by atoms with Gasteiger partial charge in [0, 0.05) is 41.5 Å². The van der Waals surface area contributed by atoms with Crippen LogP contribution in [0.25, 0.3) is 10.9 Å². The van der Waals surface area contributed by atoms with Crippen molar-refractivity contribution < 1.29 is 9.47 Å². The number of pyridine rings is 1. The standard InChI is InChI=1S/C24H30N6O3S/c1-16(2)22(23-26-27-28-30(23)9-10-32-3)29(15-20-6-5-11-34-20)14-18-12-17-13-19(33-4)7-8-21(17)25-24(18)31/h5-8,11-13,16,22H,9-10,14-15H2,1-4H3,(H,25,31)/t22-/m0/s1. The number of aromatic nitrogens is 5. The van der Waals surface area contributed by atoms with Gasteiger partial charge in [-0.15, -0.1) is 16.4 Å². The molecule has 1 atom stereocenters. The highest BCUT2D eigenvalue weighted by atomic mass is 32.1. The molecule has 0 amide bonds. The Hall–Kier alpha value is -3.08. The average molecular weight is 483 g/mol. The van der Waals surface area contributed by atoms with Crippen molar-refractivity contribution in [2.45, 2.75) is 39.5 Å². The monoisotopic (exact) mass is 482 g/mol. The van der Waals surface area contributed by atoms with Gasteiger partial charge in [-0.05, 0) is 52.1 Å². The van der Waals surface area contributed by atoms with E-state index in [2.05, 4.69) is 50.7 Å². The molecule has 0 radical (unpaired) electrons. The Morgan fingerprint density at radius 1 is 1.18 bits per heavy atom. The number of H-pyrrole nitrogens is 1. The molecule has 0 bridgehead atoms. The van der Waals surface area contributed by atoms with Crippen molar-refractivity contribution in [3.63, 3.8) is 0 Å². The van der Waals surface area contributed by atoms with Crippen LogP contribution in [0.1, 0.15) is 36.2 Å². The van der Waals surface area contributed by atoms with Crippen LogP contribution in [-0.4, -0.2) is 50.9 Å². The SMILES string of the molecule is COCCn1nnnc1[C@H](C(C)C)N(Cc1cccs1)Cc1cc2cc(OC)ccc2[nH]c1=O. The molecule has 3 heterocycles. The number of tetrazole rings is 1. The lowest BCUT2D eigenvalue weighted by Crippen LogP contribution is -2.35. The molecule has 0 saturated carbocycles. The fourth-order valence-electron chi connectivity index (χ4n) is 4.19. The van der Waals surface area contributed by atoms with E-state index in [4.69, 9.17) is 9.47 Å². The van der Waals surface area contributed by atoms with Gasteiger partial charge in [0.2, 0.25) is 0 Å². The highest BCUT2D eigenvalue weighted by Gasteiger charge is 2.30. The molecular formula is C24H30N6O3S. The zero-order chi connectivity index (χ0) is 24.1. The summed E-state index contributed by atoms with van der Waals surface area (Å²) in [5, 5.41) is 15.5. The third kappa shape index (κ3) is 5.35. The van der Waals surface area contributed by atoms with E-state index in [-0.39, 0.29) is 17.5 Å². The maximum Gasteiger partial charge on any atom is 0.252 e. The zero-order valence-corrected chi connectivity index (χ0v) is 20.7. The van der Waals surface area contributed by atoms with Crippen LogP contribution in [0.4, 0.5) is 0 Å². The number of thiophene rings is 1. The van der Waals surface area contributed by atoms with Crippen molar-refractivity contribution in [3.8, 4) is 5.75 Å². The third-order valence-electron chi connectivity index (χ3n) is 5.80. The van der Waals surface area contributed by atoms with E-state index in [1.165, 1.54) is 4.88 Å². The number of nitrogens with one attached hydrogen (secondary N) is 1. The minimum absolute atomic E-state index is 0.102. The van der Waals surface area contributed by atoms with Crippen molar-refractivity contribution in [2.75, 3.05) is 20.8 Å². The molecule has 4 rings (SSSR count). The summed E-state index contributed by atoms with van der Waals surface area (Å²) in [4.78, 5) is 19.5. The van der Waals surface area contributed by atoms with Gasteiger partial charge in [-0.3, -0.25) is 9.69 Å². The summed E-state index contributed by atoms with van der Waals surface area (Å²) in [7, 11) is 3.30. The predicted molar refractivity (Wildman–Crippen MR) is 132 cm³/mol. The van der Waals surface area contributed by atoms with Gasteiger partial charge in [-0.1, -0.05) is 19.9 Å². The van der Waals surface area contributed by atoms with Gasteiger partial charge in [0.05, 0.1) is 26.3 Å². The molecule has 10 heteroatoms. The molecule has 9 nitrogen and oxygen atoms in total. The van der Waals surface area contributed by atoms with E-state index in [0.717, 1.165) is 22.5 Å². The van der Waals surface area contributed by atoms with Crippen molar-refractivity contribution in [1.82, 2.24) is 30.1 Å². The van der Waals surface area contributed by atoms with E-state index >= 15 is 0 Å². The van der Waals surface area contributed by atoms with E-state index in [1.807, 2.05) is 30.3 Å². The van der Waals surface area contributed by atoms with Crippen LogP contribution in [0.2, 0.25) is 0 Å². The Bertz CT molecular complexity index is 1270. The normalized spacial score (nSPS) is 12.6. The van der Waals surface area contributed by atoms with E-state index < -0.39 is 0 Å². The Kier molecular flexibility index (Phi) is 7.71. The fourth-order valence-corrected chi connectivity index (χ4v) is 4.92. The number of aromatic amines is 1. The minimum atomic E-state index is -0.102.